The predicted octanol–water partition coefficient (Wildman–Crippen LogP) is 1.96. The lowest BCUT2D eigenvalue weighted by Crippen LogP contribution is -2.33. The number of aryl methyl sites for hydroxylation is 1. The topological polar surface area (TPSA) is 117 Å². The Labute approximate surface area is 168 Å². The summed E-state index contributed by atoms with van der Waals surface area (Å²) in [6.45, 7) is 1.82. The summed E-state index contributed by atoms with van der Waals surface area (Å²) in [5.74, 6) is 0. The van der Waals surface area contributed by atoms with E-state index in [0.717, 1.165) is 22.3 Å². The van der Waals surface area contributed by atoms with Crippen molar-refractivity contribution in [2.24, 2.45) is 10.8 Å². The average Bonchev–Trinajstić information content (AvgIpc) is 3.08. The molecule has 0 saturated carbocycles. The van der Waals surface area contributed by atoms with Crippen molar-refractivity contribution < 1.29 is 17.7 Å². The number of aromatic nitrogens is 3. The summed E-state index contributed by atoms with van der Waals surface area (Å²) >= 11 is 0. The molecule has 1 aromatic heterocycles. The molecule has 0 radical (unpaired) electrons. The van der Waals surface area contributed by atoms with Gasteiger partial charge in [0.1, 0.15) is 21.7 Å². The van der Waals surface area contributed by atoms with E-state index in [0.29, 0.717) is 0 Å². The minimum absolute atomic E-state index is 0.178. The van der Waals surface area contributed by atoms with Crippen LogP contribution in [0.3, 0.4) is 0 Å². The first-order chi connectivity index (χ1) is 13.9. The van der Waals surface area contributed by atoms with Crippen molar-refractivity contribution in [1.29, 1.82) is 0 Å². The van der Waals surface area contributed by atoms with Crippen molar-refractivity contribution >= 4 is 27.5 Å². The fourth-order valence-electron chi connectivity index (χ4n) is 2.61. The molecular weight excluding hydrogens is 390 g/mol. The number of rotatable bonds is 3. The highest BCUT2D eigenvalue weighted by Crippen LogP contribution is 2.11. The summed E-state index contributed by atoms with van der Waals surface area (Å²) in [5, 5.41) is 8.42. The highest BCUT2D eigenvalue weighted by molar-refractivity contribution is 7.85. The first-order valence-electron chi connectivity index (χ1n) is 8.63. The summed E-state index contributed by atoms with van der Waals surface area (Å²) < 4.78 is 33.0. The van der Waals surface area contributed by atoms with Gasteiger partial charge in [-0.3, -0.25) is 0 Å². The molecule has 148 valence electrons. The zero-order valence-electron chi connectivity index (χ0n) is 15.6. The molecule has 4 rings (SSSR count). The van der Waals surface area contributed by atoms with Crippen LogP contribution in [0, 0.1) is 6.92 Å². The van der Waals surface area contributed by atoms with E-state index in [-0.39, 0.29) is 4.90 Å². The van der Waals surface area contributed by atoms with Crippen LogP contribution in [0.15, 0.2) is 88.9 Å². The summed E-state index contributed by atoms with van der Waals surface area (Å²) in [6.07, 6.45) is 1.23. The number of para-hydroxylation sites is 3. The van der Waals surface area contributed by atoms with Crippen LogP contribution in [0.5, 0.6) is 0 Å². The molecule has 8 nitrogen and oxygen atoms in total. The van der Waals surface area contributed by atoms with Gasteiger partial charge in [0.15, 0.2) is 5.69 Å². The Kier molecular flexibility index (Phi) is 6.01. The summed E-state index contributed by atoms with van der Waals surface area (Å²) in [5.41, 5.74) is 9.14. The first kappa shape index (κ1) is 20.2. The molecular formula is C20H19N5O3S. The molecule has 0 unspecified atom stereocenters. The average molecular weight is 409 g/mol. The van der Waals surface area contributed by atoms with E-state index in [1.54, 1.807) is 12.1 Å². The number of fused-ring (bicyclic) bond motifs is 1. The van der Waals surface area contributed by atoms with Crippen LogP contribution >= 0.6 is 0 Å². The minimum atomic E-state index is -4.27. The molecule has 0 atom stereocenters. The maximum Gasteiger partial charge on any atom is 0.230 e. The maximum absolute atomic E-state index is 10.4. The SMILES string of the molecule is Cc1ccc(S(=O)(=O)[O-])cc1.N/C=N/n1n[n+](-c2ccccc2)c2ccccc21. The van der Waals surface area contributed by atoms with Gasteiger partial charge in [-0.15, -0.1) is 0 Å². The lowest BCUT2D eigenvalue weighted by Gasteiger charge is -2.05. The first-order valence-corrected chi connectivity index (χ1v) is 10.0. The molecule has 0 spiro atoms. The number of nitrogens with two attached hydrogens (primary N) is 1. The third-order valence-electron chi connectivity index (χ3n) is 3.99. The fraction of sp³-hybridized carbons (Fsp3) is 0.0500. The standard InChI is InChI=1S/C13H12N5.C7H8O3S/c14-10-15-18-13-9-5-4-8-12(13)17(16-18)11-6-2-1-3-7-11;1-6-2-4-7(5-3-6)11(8,9)10/h1-10H,(H2,14,15,16);2-5H,1H3,(H,8,9,10)/q+1;/p-1. The molecule has 0 aliphatic carbocycles. The zero-order chi connectivity index (χ0) is 20.9. The Bertz CT molecular complexity index is 1230. The van der Waals surface area contributed by atoms with Crippen LogP contribution in [0.2, 0.25) is 0 Å². The van der Waals surface area contributed by atoms with E-state index in [2.05, 4.69) is 10.3 Å². The fourth-order valence-corrected chi connectivity index (χ4v) is 3.08. The van der Waals surface area contributed by atoms with Crippen LogP contribution in [0.1, 0.15) is 5.56 Å². The van der Waals surface area contributed by atoms with Gasteiger partial charge in [-0.25, -0.2) is 8.42 Å². The van der Waals surface area contributed by atoms with E-state index < -0.39 is 10.1 Å². The second kappa shape index (κ2) is 8.63. The van der Waals surface area contributed by atoms with Gasteiger partial charge in [0.25, 0.3) is 0 Å². The van der Waals surface area contributed by atoms with Gasteiger partial charge in [-0.05, 0) is 48.4 Å². The Balaban J connectivity index is 0.000000188. The number of hydrogen-bond acceptors (Lipinski definition) is 5. The van der Waals surface area contributed by atoms with E-state index >= 15 is 0 Å². The number of hydrogen-bond donors (Lipinski definition) is 1. The van der Waals surface area contributed by atoms with Gasteiger partial charge in [0.2, 0.25) is 11.0 Å². The number of nitrogens with zero attached hydrogens (tertiary/aromatic N) is 4. The van der Waals surface area contributed by atoms with Gasteiger partial charge in [0, 0.05) is 4.79 Å². The third kappa shape index (κ3) is 4.84. The van der Waals surface area contributed by atoms with Crippen molar-refractivity contribution in [3.8, 4) is 5.69 Å². The largest absolute Gasteiger partial charge is 0.744 e. The molecule has 0 saturated heterocycles. The summed E-state index contributed by atoms with van der Waals surface area (Å²) in [7, 11) is -4.27. The van der Waals surface area contributed by atoms with E-state index in [1.807, 2.05) is 66.2 Å². The second-order valence-electron chi connectivity index (χ2n) is 6.05. The van der Waals surface area contributed by atoms with Crippen LogP contribution in [0.25, 0.3) is 16.7 Å². The molecule has 3 aromatic carbocycles. The van der Waals surface area contributed by atoms with Crippen molar-refractivity contribution in [1.82, 2.24) is 10.0 Å². The lowest BCUT2D eigenvalue weighted by atomic mass is 10.2. The molecule has 0 amide bonds. The molecule has 1 heterocycles. The van der Waals surface area contributed by atoms with Crippen LogP contribution in [-0.4, -0.2) is 29.3 Å². The maximum atomic E-state index is 10.4. The van der Waals surface area contributed by atoms with Crippen molar-refractivity contribution in [2.75, 3.05) is 0 Å². The van der Waals surface area contributed by atoms with Gasteiger partial charge < -0.3 is 10.3 Å². The summed E-state index contributed by atoms with van der Waals surface area (Å²) in [6, 6.07) is 23.6. The zero-order valence-corrected chi connectivity index (χ0v) is 16.4. The second-order valence-corrected chi connectivity index (χ2v) is 7.43. The smallest absolute Gasteiger partial charge is 0.230 e. The Hall–Kier alpha value is -3.56. The van der Waals surface area contributed by atoms with Crippen molar-refractivity contribution in [3.63, 3.8) is 0 Å². The van der Waals surface area contributed by atoms with E-state index in [1.165, 1.54) is 23.3 Å². The highest BCUT2D eigenvalue weighted by Gasteiger charge is 2.18. The molecule has 0 aliphatic rings. The number of benzene rings is 3. The quantitative estimate of drug-likeness (QED) is 0.240. The highest BCUT2D eigenvalue weighted by atomic mass is 32.2. The van der Waals surface area contributed by atoms with Crippen LogP contribution in [0.4, 0.5) is 0 Å². The predicted molar refractivity (Wildman–Crippen MR) is 108 cm³/mol. The monoisotopic (exact) mass is 409 g/mol. The minimum Gasteiger partial charge on any atom is -0.744 e. The normalized spacial score (nSPS) is 11.4. The molecule has 0 fully saturated rings. The molecule has 2 N–H and O–H groups in total. The Morgan fingerprint density at radius 3 is 2.24 bits per heavy atom. The summed E-state index contributed by atoms with van der Waals surface area (Å²) in [4.78, 5) is 1.34. The Morgan fingerprint density at radius 2 is 1.62 bits per heavy atom. The van der Waals surface area contributed by atoms with Gasteiger partial charge in [-0.2, -0.15) is 0 Å². The van der Waals surface area contributed by atoms with Crippen molar-refractivity contribution in [3.05, 3.63) is 84.4 Å². The third-order valence-corrected chi connectivity index (χ3v) is 4.84. The Morgan fingerprint density at radius 1 is 1.00 bits per heavy atom. The van der Waals surface area contributed by atoms with Gasteiger partial charge >= 0.3 is 0 Å². The van der Waals surface area contributed by atoms with E-state index in [4.69, 9.17) is 5.73 Å². The van der Waals surface area contributed by atoms with Gasteiger partial charge in [-0.1, -0.05) is 52.7 Å². The van der Waals surface area contributed by atoms with Crippen LogP contribution in [-0.2, 0) is 10.1 Å². The molecule has 4 aromatic rings. The lowest BCUT2D eigenvalue weighted by molar-refractivity contribution is -0.637. The molecule has 9 heteroatoms. The molecule has 0 aliphatic heterocycles. The van der Waals surface area contributed by atoms with E-state index in [9.17, 15) is 13.0 Å². The molecule has 29 heavy (non-hydrogen) atoms. The van der Waals surface area contributed by atoms with Crippen LogP contribution < -0.4 is 10.4 Å². The van der Waals surface area contributed by atoms with Crippen molar-refractivity contribution in [2.45, 2.75) is 11.8 Å². The van der Waals surface area contributed by atoms with Gasteiger partial charge in [0.05, 0.1) is 4.90 Å². The molecule has 0 bridgehead atoms.